The molecule has 0 aliphatic heterocycles. The first-order chi connectivity index (χ1) is 14.0. The Morgan fingerprint density at radius 1 is 1.10 bits per heavy atom. The van der Waals surface area contributed by atoms with E-state index in [1.165, 1.54) is 31.4 Å². The molecule has 2 unspecified atom stereocenters. The lowest BCUT2D eigenvalue weighted by molar-refractivity contribution is -0.274. The number of ether oxygens (including phenoxy) is 2. The number of esters is 1. The highest BCUT2D eigenvalue weighted by Gasteiger charge is 2.57. The van der Waals surface area contributed by atoms with Gasteiger partial charge in [-0.15, -0.1) is 13.2 Å². The molecule has 0 aromatic heterocycles. The van der Waals surface area contributed by atoms with Crippen molar-refractivity contribution in [1.29, 1.82) is 0 Å². The van der Waals surface area contributed by atoms with E-state index in [1.54, 1.807) is 0 Å². The predicted octanol–water partition coefficient (Wildman–Crippen LogP) is 5.19. The first-order valence-corrected chi connectivity index (χ1v) is 10.8. The number of amides is 1. The standard InChI is InChI=1S/C21H23BrF3NO4/c22-20-8-13-5-14(9-20)7-19(6-13,12-20)10-18(28)29-11-17(27)26-15-1-3-16(4-2-15)30-21(23,24)25/h1-4,13-14H,5-12H2,(H,26,27)/t13-,14+,19?,20?. The van der Waals surface area contributed by atoms with E-state index in [9.17, 15) is 22.8 Å². The van der Waals surface area contributed by atoms with E-state index in [-0.39, 0.29) is 27.1 Å². The summed E-state index contributed by atoms with van der Waals surface area (Å²) in [7, 11) is 0. The van der Waals surface area contributed by atoms with Gasteiger partial charge >= 0.3 is 12.3 Å². The topological polar surface area (TPSA) is 64.6 Å². The van der Waals surface area contributed by atoms with Gasteiger partial charge in [-0.05, 0) is 80.0 Å². The molecule has 9 heteroatoms. The average Bonchev–Trinajstić information content (AvgIpc) is 2.58. The zero-order valence-electron chi connectivity index (χ0n) is 16.3. The lowest BCUT2D eigenvalue weighted by atomic mass is 9.49. The van der Waals surface area contributed by atoms with Crippen molar-refractivity contribution < 1.29 is 32.2 Å². The first kappa shape index (κ1) is 21.5. The van der Waals surface area contributed by atoms with Gasteiger partial charge in [0.1, 0.15) is 5.75 Å². The van der Waals surface area contributed by atoms with E-state index in [0.717, 1.165) is 31.4 Å². The molecule has 4 aliphatic carbocycles. The van der Waals surface area contributed by atoms with Gasteiger partial charge < -0.3 is 14.8 Å². The minimum Gasteiger partial charge on any atom is -0.456 e. The maximum Gasteiger partial charge on any atom is 0.573 e. The molecule has 5 rings (SSSR count). The maximum absolute atomic E-state index is 12.4. The highest BCUT2D eigenvalue weighted by atomic mass is 79.9. The zero-order chi connectivity index (χ0) is 21.6. The molecule has 5 nitrogen and oxygen atoms in total. The van der Waals surface area contributed by atoms with Crippen LogP contribution < -0.4 is 10.1 Å². The highest BCUT2D eigenvalue weighted by molar-refractivity contribution is 9.10. The molecule has 0 saturated heterocycles. The summed E-state index contributed by atoms with van der Waals surface area (Å²) in [6.45, 7) is -0.429. The molecule has 0 spiro atoms. The summed E-state index contributed by atoms with van der Waals surface area (Å²) in [6.07, 6.45) is 2.22. The number of hydrogen-bond acceptors (Lipinski definition) is 4. The number of anilines is 1. The number of halogens is 4. The molecule has 1 aromatic rings. The average molecular weight is 490 g/mol. The fourth-order valence-corrected chi connectivity index (χ4v) is 7.49. The second-order valence-electron chi connectivity index (χ2n) is 9.07. The van der Waals surface area contributed by atoms with Crippen molar-refractivity contribution in [3.05, 3.63) is 24.3 Å². The van der Waals surface area contributed by atoms with Crippen LogP contribution >= 0.6 is 15.9 Å². The number of rotatable bonds is 6. The third kappa shape index (κ3) is 5.10. The molecule has 4 bridgehead atoms. The molecule has 4 saturated carbocycles. The van der Waals surface area contributed by atoms with E-state index in [4.69, 9.17) is 4.74 Å². The van der Waals surface area contributed by atoms with Gasteiger partial charge in [0.05, 0.1) is 6.42 Å². The van der Waals surface area contributed by atoms with Crippen LogP contribution in [-0.2, 0) is 14.3 Å². The van der Waals surface area contributed by atoms with Crippen LogP contribution in [0.25, 0.3) is 0 Å². The second kappa shape index (κ2) is 7.73. The Morgan fingerprint density at radius 2 is 1.73 bits per heavy atom. The number of nitrogens with one attached hydrogen (secondary N) is 1. The minimum atomic E-state index is -4.77. The molecule has 1 N–H and O–H groups in total. The largest absolute Gasteiger partial charge is 0.573 e. The zero-order valence-corrected chi connectivity index (χ0v) is 17.9. The maximum atomic E-state index is 12.4. The van der Waals surface area contributed by atoms with Crippen molar-refractivity contribution in [3.63, 3.8) is 0 Å². The monoisotopic (exact) mass is 489 g/mol. The summed E-state index contributed by atoms with van der Waals surface area (Å²) in [5.41, 5.74) is 0.253. The van der Waals surface area contributed by atoms with Gasteiger partial charge in [-0.1, -0.05) is 15.9 Å². The van der Waals surface area contributed by atoms with Crippen molar-refractivity contribution in [2.24, 2.45) is 17.3 Å². The van der Waals surface area contributed by atoms with Crippen LogP contribution in [0.15, 0.2) is 24.3 Å². The Hall–Kier alpha value is -1.77. The summed E-state index contributed by atoms with van der Waals surface area (Å²) in [4.78, 5) is 24.5. The summed E-state index contributed by atoms with van der Waals surface area (Å²) in [5, 5.41) is 2.49. The van der Waals surface area contributed by atoms with Crippen LogP contribution in [0.2, 0.25) is 0 Å². The highest BCUT2D eigenvalue weighted by Crippen LogP contribution is 2.65. The molecule has 4 atom stereocenters. The quantitative estimate of drug-likeness (QED) is 0.441. The minimum absolute atomic E-state index is 0.0323. The lowest BCUT2D eigenvalue weighted by Gasteiger charge is -2.60. The Bertz CT molecular complexity index is 813. The molecule has 4 aliphatic rings. The van der Waals surface area contributed by atoms with E-state index in [2.05, 4.69) is 26.0 Å². The fraction of sp³-hybridized carbons (Fsp3) is 0.619. The smallest absolute Gasteiger partial charge is 0.456 e. The van der Waals surface area contributed by atoms with Gasteiger partial charge in [-0.25, -0.2) is 0 Å². The van der Waals surface area contributed by atoms with Crippen molar-refractivity contribution >= 4 is 33.5 Å². The first-order valence-electron chi connectivity index (χ1n) is 10.0. The van der Waals surface area contributed by atoms with Crippen molar-refractivity contribution in [2.75, 3.05) is 11.9 Å². The van der Waals surface area contributed by atoms with Crippen molar-refractivity contribution in [2.45, 2.75) is 55.6 Å². The van der Waals surface area contributed by atoms with E-state index >= 15 is 0 Å². The van der Waals surface area contributed by atoms with E-state index in [0.29, 0.717) is 18.3 Å². The number of alkyl halides is 4. The van der Waals surface area contributed by atoms with Crippen LogP contribution in [0.4, 0.5) is 18.9 Å². The summed E-state index contributed by atoms with van der Waals surface area (Å²) < 4.78 is 45.7. The third-order valence-electron chi connectivity index (χ3n) is 6.37. The SMILES string of the molecule is O=C(COC(=O)CC12C[C@@H]3C[C@@H](CC(Br)(C3)C1)C2)Nc1ccc(OC(F)(F)F)cc1. The molecule has 0 radical (unpaired) electrons. The van der Waals surface area contributed by atoms with Crippen LogP contribution in [0.5, 0.6) is 5.75 Å². The number of benzene rings is 1. The molecular formula is C21H23BrF3NO4. The second-order valence-corrected chi connectivity index (χ2v) is 10.8. The molecule has 30 heavy (non-hydrogen) atoms. The summed E-state index contributed by atoms with van der Waals surface area (Å²) in [5.74, 6) is 0.0107. The number of carbonyl (C=O) groups is 2. The number of carbonyl (C=O) groups excluding carboxylic acids is 2. The lowest BCUT2D eigenvalue weighted by Crippen LogP contribution is -2.53. The van der Waals surface area contributed by atoms with Crippen LogP contribution in [0.3, 0.4) is 0 Å². The summed E-state index contributed by atoms with van der Waals surface area (Å²) in [6, 6.07) is 4.76. The van der Waals surface area contributed by atoms with Gasteiger partial charge in [0, 0.05) is 10.0 Å². The van der Waals surface area contributed by atoms with Crippen molar-refractivity contribution in [3.8, 4) is 5.75 Å². The molecule has 4 fully saturated rings. The Balaban J connectivity index is 1.25. The molecule has 1 amide bonds. The van der Waals surface area contributed by atoms with Gasteiger partial charge in [-0.3, -0.25) is 9.59 Å². The predicted molar refractivity (Wildman–Crippen MR) is 106 cm³/mol. The Labute approximate surface area is 180 Å². The van der Waals surface area contributed by atoms with E-state index in [1.807, 2.05) is 0 Å². The van der Waals surface area contributed by atoms with Gasteiger partial charge in [0.2, 0.25) is 0 Å². The molecular weight excluding hydrogens is 467 g/mol. The van der Waals surface area contributed by atoms with Crippen LogP contribution in [0, 0.1) is 17.3 Å². The molecule has 0 heterocycles. The van der Waals surface area contributed by atoms with Gasteiger partial charge in [-0.2, -0.15) is 0 Å². The summed E-state index contributed by atoms with van der Waals surface area (Å²) >= 11 is 3.92. The number of hydrogen-bond donors (Lipinski definition) is 1. The fourth-order valence-electron chi connectivity index (χ4n) is 5.98. The van der Waals surface area contributed by atoms with Crippen LogP contribution in [-0.4, -0.2) is 29.2 Å². The third-order valence-corrected chi connectivity index (χ3v) is 7.29. The molecule has 164 valence electrons. The van der Waals surface area contributed by atoms with Crippen molar-refractivity contribution in [1.82, 2.24) is 0 Å². The Morgan fingerprint density at radius 3 is 2.30 bits per heavy atom. The van der Waals surface area contributed by atoms with Gasteiger partial charge in [0.15, 0.2) is 6.61 Å². The molecule has 1 aromatic carbocycles. The van der Waals surface area contributed by atoms with Crippen LogP contribution in [0.1, 0.15) is 44.9 Å². The normalized spacial score (nSPS) is 32.0. The van der Waals surface area contributed by atoms with E-state index < -0.39 is 18.9 Å². The van der Waals surface area contributed by atoms with Gasteiger partial charge in [0.25, 0.3) is 5.91 Å². The Kier molecular flexibility index (Phi) is 5.53.